The molecule has 0 amide bonds. The van der Waals surface area contributed by atoms with Gasteiger partial charge >= 0.3 is 0 Å². The second-order valence-electron chi connectivity index (χ2n) is 5.41. The summed E-state index contributed by atoms with van der Waals surface area (Å²) in [5, 5.41) is 2.65. The first-order valence-corrected chi connectivity index (χ1v) is 6.29. The molecule has 2 rings (SSSR count). The van der Waals surface area contributed by atoms with E-state index in [-0.39, 0.29) is 5.54 Å². The third-order valence-electron chi connectivity index (χ3n) is 3.18. The molecule has 2 aromatic rings. The van der Waals surface area contributed by atoms with Crippen molar-refractivity contribution in [2.24, 2.45) is 0 Å². The summed E-state index contributed by atoms with van der Waals surface area (Å²) in [7, 11) is 0. The van der Waals surface area contributed by atoms with E-state index in [1.807, 2.05) is 0 Å². The highest BCUT2D eigenvalue weighted by Crippen LogP contribution is 2.30. The lowest BCUT2D eigenvalue weighted by Gasteiger charge is -2.37. The zero-order valence-corrected chi connectivity index (χ0v) is 11.2. The normalized spacial score (nSPS) is 11.8. The third-order valence-corrected chi connectivity index (χ3v) is 3.18. The van der Waals surface area contributed by atoms with Gasteiger partial charge in [0.15, 0.2) is 0 Å². The van der Waals surface area contributed by atoms with Gasteiger partial charge in [0.2, 0.25) is 0 Å². The predicted octanol–water partition coefficient (Wildman–Crippen LogP) is 4.46. The topological polar surface area (TPSA) is 3.24 Å². The van der Waals surface area contributed by atoms with Crippen molar-refractivity contribution in [3.63, 3.8) is 0 Å². The van der Waals surface area contributed by atoms with E-state index in [0.717, 1.165) is 6.54 Å². The monoisotopic (exact) mass is 227 g/mol. The minimum atomic E-state index is 0.152. The van der Waals surface area contributed by atoms with E-state index < -0.39 is 0 Å². The van der Waals surface area contributed by atoms with Crippen molar-refractivity contribution in [2.45, 2.75) is 33.2 Å². The van der Waals surface area contributed by atoms with E-state index in [1.165, 1.54) is 16.5 Å². The van der Waals surface area contributed by atoms with Crippen LogP contribution in [0.25, 0.3) is 10.8 Å². The highest BCUT2D eigenvalue weighted by Gasteiger charge is 2.21. The lowest BCUT2D eigenvalue weighted by Crippen LogP contribution is -2.41. The van der Waals surface area contributed by atoms with Crippen LogP contribution in [-0.2, 0) is 0 Å². The van der Waals surface area contributed by atoms with Crippen LogP contribution in [0.2, 0.25) is 0 Å². The Hall–Kier alpha value is -1.50. The Labute approximate surface area is 104 Å². The number of benzene rings is 2. The van der Waals surface area contributed by atoms with Crippen molar-refractivity contribution in [3.05, 3.63) is 42.5 Å². The Morgan fingerprint density at radius 2 is 1.59 bits per heavy atom. The highest BCUT2D eigenvalue weighted by atomic mass is 15.2. The molecule has 0 saturated heterocycles. The molecule has 0 aliphatic rings. The third kappa shape index (κ3) is 2.28. The summed E-state index contributed by atoms with van der Waals surface area (Å²) in [4.78, 5) is 2.45. The van der Waals surface area contributed by atoms with Gasteiger partial charge in [0.05, 0.1) is 0 Å². The van der Waals surface area contributed by atoms with Crippen LogP contribution >= 0.6 is 0 Å². The Morgan fingerprint density at radius 1 is 0.941 bits per heavy atom. The summed E-state index contributed by atoms with van der Waals surface area (Å²) < 4.78 is 0. The first-order valence-electron chi connectivity index (χ1n) is 6.29. The summed E-state index contributed by atoms with van der Waals surface area (Å²) in [5.74, 6) is 0. The lowest BCUT2D eigenvalue weighted by molar-refractivity contribution is 0.514. The molecule has 0 bridgehead atoms. The van der Waals surface area contributed by atoms with Crippen molar-refractivity contribution in [1.29, 1.82) is 0 Å². The zero-order valence-electron chi connectivity index (χ0n) is 11.2. The Balaban J connectivity index is 2.62. The molecule has 0 spiro atoms. The molecule has 0 aliphatic carbocycles. The molecule has 0 aliphatic heterocycles. The minimum Gasteiger partial charge on any atom is -0.366 e. The number of anilines is 1. The van der Waals surface area contributed by atoms with Crippen molar-refractivity contribution in [1.82, 2.24) is 0 Å². The highest BCUT2D eigenvalue weighted by molar-refractivity contribution is 5.94. The van der Waals surface area contributed by atoms with Gasteiger partial charge in [-0.15, -0.1) is 0 Å². The smallest absolute Gasteiger partial charge is 0.0450 e. The molecular weight excluding hydrogens is 206 g/mol. The van der Waals surface area contributed by atoms with Gasteiger partial charge in [-0.1, -0.05) is 36.4 Å². The van der Waals surface area contributed by atoms with Crippen LogP contribution in [-0.4, -0.2) is 12.1 Å². The van der Waals surface area contributed by atoms with Crippen LogP contribution in [0.1, 0.15) is 27.7 Å². The number of rotatable bonds is 2. The first kappa shape index (κ1) is 12.0. The van der Waals surface area contributed by atoms with Crippen LogP contribution in [0.15, 0.2) is 42.5 Å². The summed E-state index contributed by atoms with van der Waals surface area (Å²) in [5.41, 5.74) is 1.48. The summed E-state index contributed by atoms with van der Waals surface area (Å²) in [6.07, 6.45) is 0. The van der Waals surface area contributed by atoms with Crippen LogP contribution in [0.3, 0.4) is 0 Å². The van der Waals surface area contributed by atoms with Gasteiger partial charge in [-0.25, -0.2) is 0 Å². The number of hydrogen-bond acceptors (Lipinski definition) is 1. The Morgan fingerprint density at radius 3 is 2.24 bits per heavy atom. The molecule has 0 N–H and O–H groups in total. The summed E-state index contributed by atoms with van der Waals surface area (Å²) in [6.45, 7) is 10.0. The average molecular weight is 227 g/mol. The lowest BCUT2D eigenvalue weighted by atomic mass is 10.0. The maximum Gasteiger partial charge on any atom is 0.0450 e. The second-order valence-corrected chi connectivity index (χ2v) is 5.41. The molecular formula is C16H21N. The van der Waals surface area contributed by atoms with E-state index in [4.69, 9.17) is 0 Å². The van der Waals surface area contributed by atoms with E-state index in [2.05, 4.69) is 75.1 Å². The van der Waals surface area contributed by atoms with Gasteiger partial charge in [0, 0.05) is 23.2 Å². The molecule has 0 heterocycles. The molecule has 0 atom stereocenters. The SMILES string of the molecule is CCN(c1cccc2ccccc12)C(C)(C)C. The largest absolute Gasteiger partial charge is 0.366 e. The molecule has 2 aromatic carbocycles. The fourth-order valence-electron chi connectivity index (χ4n) is 2.45. The molecule has 17 heavy (non-hydrogen) atoms. The summed E-state index contributed by atoms with van der Waals surface area (Å²) >= 11 is 0. The van der Waals surface area contributed by atoms with Crippen LogP contribution in [0.5, 0.6) is 0 Å². The molecule has 90 valence electrons. The van der Waals surface area contributed by atoms with Gasteiger partial charge in [-0.2, -0.15) is 0 Å². The van der Waals surface area contributed by atoms with Gasteiger partial charge in [-0.3, -0.25) is 0 Å². The predicted molar refractivity (Wildman–Crippen MR) is 76.7 cm³/mol. The maximum atomic E-state index is 2.45. The Bertz CT molecular complexity index is 503. The second kappa shape index (κ2) is 4.40. The molecule has 0 unspecified atom stereocenters. The first-order chi connectivity index (χ1) is 8.04. The van der Waals surface area contributed by atoms with Crippen molar-refractivity contribution >= 4 is 16.5 Å². The zero-order chi connectivity index (χ0) is 12.5. The molecule has 0 radical (unpaired) electrons. The van der Waals surface area contributed by atoms with Gasteiger partial charge < -0.3 is 4.90 Å². The van der Waals surface area contributed by atoms with Crippen molar-refractivity contribution in [2.75, 3.05) is 11.4 Å². The fraction of sp³-hybridized carbons (Fsp3) is 0.375. The maximum absolute atomic E-state index is 2.45. The van der Waals surface area contributed by atoms with Gasteiger partial charge in [0.1, 0.15) is 0 Å². The van der Waals surface area contributed by atoms with E-state index in [1.54, 1.807) is 0 Å². The van der Waals surface area contributed by atoms with Gasteiger partial charge in [-0.05, 0) is 39.1 Å². The summed E-state index contributed by atoms with van der Waals surface area (Å²) in [6, 6.07) is 15.1. The van der Waals surface area contributed by atoms with Crippen LogP contribution in [0, 0.1) is 0 Å². The van der Waals surface area contributed by atoms with E-state index in [9.17, 15) is 0 Å². The van der Waals surface area contributed by atoms with E-state index >= 15 is 0 Å². The Kier molecular flexibility index (Phi) is 3.10. The number of hydrogen-bond donors (Lipinski definition) is 0. The van der Waals surface area contributed by atoms with Crippen LogP contribution in [0.4, 0.5) is 5.69 Å². The molecule has 0 aromatic heterocycles. The number of fused-ring (bicyclic) bond motifs is 1. The average Bonchev–Trinajstić information content (AvgIpc) is 2.28. The van der Waals surface area contributed by atoms with Crippen LogP contribution < -0.4 is 4.90 Å². The number of nitrogens with zero attached hydrogens (tertiary/aromatic N) is 1. The standard InChI is InChI=1S/C16H21N/c1-5-17(16(2,3)4)15-12-8-10-13-9-6-7-11-14(13)15/h6-12H,5H2,1-4H3. The fourth-order valence-corrected chi connectivity index (χ4v) is 2.45. The molecule has 1 heteroatoms. The van der Waals surface area contributed by atoms with Gasteiger partial charge in [0.25, 0.3) is 0 Å². The quantitative estimate of drug-likeness (QED) is 0.732. The van der Waals surface area contributed by atoms with Crippen molar-refractivity contribution in [3.8, 4) is 0 Å². The molecule has 0 saturated carbocycles. The minimum absolute atomic E-state index is 0.152. The van der Waals surface area contributed by atoms with E-state index in [0.29, 0.717) is 0 Å². The van der Waals surface area contributed by atoms with Crippen molar-refractivity contribution < 1.29 is 0 Å². The molecule has 0 fully saturated rings. The molecule has 1 nitrogen and oxygen atoms in total.